The number of hydrogen-bond acceptors (Lipinski definition) is 3. The second-order valence-electron chi connectivity index (χ2n) is 5.58. The van der Waals surface area contributed by atoms with E-state index in [0.29, 0.717) is 12.5 Å². The Balaban J connectivity index is 2.67. The molecule has 98 valence electrons. The minimum Gasteiger partial charge on any atom is -0.444 e. The Hall–Kier alpha value is -1.06. The van der Waals surface area contributed by atoms with Gasteiger partial charge in [-0.3, -0.25) is 4.90 Å². The van der Waals surface area contributed by atoms with Gasteiger partial charge in [-0.25, -0.2) is 4.79 Å². The highest BCUT2D eigenvalue weighted by Gasteiger charge is 2.35. The van der Waals surface area contributed by atoms with Gasteiger partial charge in [0.1, 0.15) is 11.9 Å². The number of amides is 1. The van der Waals surface area contributed by atoms with Crippen molar-refractivity contribution in [1.82, 2.24) is 4.90 Å². The normalized spacial score (nSPS) is 18.1. The average Bonchev–Trinajstić information content (AvgIpc) is 2.11. The standard InChI is InChI=1S/C13H23NO3/c1-5-14(12(16)17-13(2,3)4)11(9-15)10-7-6-8-10/h9-11H,5-8H2,1-4H3. The minimum atomic E-state index is -0.516. The van der Waals surface area contributed by atoms with E-state index in [2.05, 4.69) is 0 Å². The lowest BCUT2D eigenvalue weighted by molar-refractivity contribution is -0.115. The van der Waals surface area contributed by atoms with Crippen molar-refractivity contribution in [1.29, 1.82) is 0 Å². The Morgan fingerprint density at radius 2 is 2.06 bits per heavy atom. The summed E-state index contributed by atoms with van der Waals surface area (Å²) in [5.41, 5.74) is -0.516. The molecular formula is C13H23NO3. The molecule has 1 atom stereocenters. The van der Waals surface area contributed by atoms with Crippen LogP contribution >= 0.6 is 0 Å². The van der Waals surface area contributed by atoms with Crippen LogP contribution in [-0.2, 0) is 9.53 Å². The lowest BCUT2D eigenvalue weighted by Crippen LogP contribution is -2.49. The number of ether oxygens (including phenoxy) is 1. The van der Waals surface area contributed by atoms with Crippen LogP contribution < -0.4 is 0 Å². The molecular weight excluding hydrogens is 218 g/mol. The third-order valence-corrected chi connectivity index (χ3v) is 3.10. The van der Waals surface area contributed by atoms with Crippen molar-refractivity contribution in [3.63, 3.8) is 0 Å². The summed E-state index contributed by atoms with van der Waals surface area (Å²) in [6.45, 7) is 7.88. The molecule has 1 aliphatic carbocycles. The van der Waals surface area contributed by atoms with Gasteiger partial charge < -0.3 is 9.53 Å². The molecule has 0 N–H and O–H groups in total. The molecule has 0 bridgehead atoms. The van der Waals surface area contributed by atoms with Gasteiger partial charge in [0.05, 0.1) is 6.04 Å². The van der Waals surface area contributed by atoms with Crippen molar-refractivity contribution in [2.75, 3.05) is 6.54 Å². The predicted molar refractivity (Wildman–Crippen MR) is 65.8 cm³/mol. The topological polar surface area (TPSA) is 46.6 Å². The highest BCUT2D eigenvalue weighted by atomic mass is 16.6. The van der Waals surface area contributed by atoms with Crippen LogP contribution in [0.2, 0.25) is 0 Å². The molecule has 0 saturated heterocycles. The Labute approximate surface area is 103 Å². The van der Waals surface area contributed by atoms with Crippen LogP contribution in [0.5, 0.6) is 0 Å². The molecule has 0 aromatic heterocycles. The molecule has 1 aliphatic rings. The second-order valence-corrected chi connectivity index (χ2v) is 5.58. The maximum absolute atomic E-state index is 12.0. The van der Waals surface area contributed by atoms with Crippen molar-refractivity contribution in [3.05, 3.63) is 0 Å². The average molecular weight is 241 g/mol. The molecule has 4 nitrogen and oxygen atoms in total. The first-order chi connectivity index (χ1) is 7.89. The van der Waals surface area contributed by atoms with E-state index >= 15 is 0 Å². The van der Waals surface area contributed by atoms with E-state index < -0.39 is 5.60 Å². The van der Waals surface area contributed by atoms with Crippen LogP contribution in [0.1, 0.15) is 47.0 Å². The summed E-state index contributed by atoms with van der Waals surface area (Å²) >= 11 is 0. The Morgan fingerprint density at radius 1 is 1.47 bits per heavy atom. The van der Waals surface area contributed by atoms with Gasteiger partial charge in [-0.2, -0.15) is 0 Å². The van der Waals surface area contributed by atoms with Gasteiger partial charge >= 0.3 is 6.09 Å². The molecule has 1 rings (SSSR count). The molecule has 0 heterocycles. The lowest BCUT2D eigenvalue weighted by atomic mass is 9.79. The maximum atomic E-state index is 12.0. The van der Waals surface area contributed by atoms with Gasteiger partial charge in [0.2, 0.25) is 0 Å². The summed E-state index contributed by atoms with van der Waals surface area (Å²) in [5, 5.41) is 0. The van der Waals surface area contributed by atoms with Crippen molar-refractivity contribution in [3.8, 4) is 0 Å². The van der Waals surface area contributed by atoms with Gasteiger partial charge in [0, 0.05) is 6.54 Å². The molecule has 1 amide bonds. The molecule has 1 fully saturated rings. The Bertz CT molecular complexity index is 279. The molecule has 4 heteroatoms. The number of hydrogen-bond donors (Lipinski definition) is 0. The molecule has 0 aliphatic heterocycles. The SMILES string of the molecule is CCN(C(=O)OC(C)(C)C)C(C=O)C1CCC1. The van der Waals surface area contributed by atoms with Crippen molar-refractivity contribution >= 4 is 12.4 Å². The predicted octanol–water partition coefficient (Wildman–Crippen LogP) is 2.61. The third kappa shape index (κ3) is 3.72. The summed E-state index contributed by atoms with van der Waals surface area (Å²) in [4.78, 5) is 24.7. The van der Waals surface area contributed by atoms with E-state index in [4.69, 9.17) is 4.74 Å². The summed E-state index contributed by atoms with van der Waals surface area (Å²) in [6.07, 6.45) is 3.72. The van der Waals surface area contributed by atoms with Crippen LogP contribution in [0, 0.1) is 5.92 Å². The number of likely N-dealkylation sites (N-methyl/N-ethyl adjacent to an activating group) is 1. The van der Waals surface area contributed by atoms with E-state index in [1.54, 1.807) is 4.90 Å². The maximum Gasteiger partial charge on any atom is 0.410 e. The van der Waals surface area contributed by atoms with Crippen LogP contribution in [0.4, 0.5) is 4.79 Å². The summed E-state index contributed by atoms with van der Waals surface area (Å²) in [5.74, 6) is 0.319. The monoisotopic (exact) mass is 241 g/mol. The van der Waals surface area contributed by atoms with E-state index in [-0.39, 0.29) is 12.1 Å². The first-order valence-corrected chi connectivity index (χ1v) is 6.34. The fourth-order valence-electron chi connectivity index (χ4n) is 2.00. The first-order valence-electron chi connectivity index (χ1n) is 6.34. The van der Waals surface area contributed by atoms with E-state index in [1.165, 1.54) is 0 Å². The largest absolute Gasteiger partial charge is 0.444 e. The Morgan fingerprint density at radius 3 is 2.35 bits per heavy atom. The Kier molecular flexibility index (Phi) is 4.54. The number of carbonyl (C=O) groups excluding carboxylic acids is 2. The molecule has 17 heavy (non-hydrogen) atoms. The van der Waals surface area contributed by atoms with Crippen LogP contribution in [0.3, 0.4) is 0 Å². The van der Waals surface area contributed by atoms with Crippen LogP contribution in [0.25, 0.3) is 0 Å². The number of aldehydes is 1. The van der Waals surface area contributed by atoms with Gasteiger partial charge in [-0.1, -0.05) is 6.42 Å². The minimum absolute atomic E-state index is 0.316. The molecule has 0 aromatic carbocycles. The second kappa shape index (κ2) is 5.52. The zero-order valence-corrected chi connectivity index (χ0v) is 11.2. The summed E-state index contributed by atoms with van der Waals surface area (Å²) in [7, 11) is 0. The molecule has 0 radical (unpaired) electrons. The van der Waals surface area contributed by atoms with Crippen molar-refractivity contribution in [2.45, 2.75) is 58.6 Å². The highest BCUT2D eigenvalue weighted by molar-refractivity contribution is 5.74. The molecule has 1 saturated carbocycles. The fourth-order valence-corrected chi connectivity index (χ4v) is 2.00. The molecule has 0 spiro atoms. The van der Waals surface area contributed by atoms with Crippen molar-refractivity contribution in [2.24, 2.45) is 5.92 Å². The lowest BCUT2D eigenvalue weighted by Gasteiger charge is -2.38. The summed E-state index contributed by atoms with van der Waals surface area (Å²) in [6, 6.07) is -0.316. The van der Waals surface area contributed by atoms with Gasteiger partial charge in [0.15, 0.2) is 0 Å². The van der Waals surface area contributed by atoms with E-state index in [0.717, 1.165) is 25.5 Å². The molecule has 1 unspecified atom stereocenters. The fraction of sp³-hybridized carbons (Fsp3) is 0.846. The third-order valence-electron chi connectivity index (χ3n) is 3.10. The van der Waals surface area contributed by atoms with Crippen LogP contribution in [-0.4, -0.2) is 35.5 Å². The molecule has 0 aromatic rings. The van der Waals surface area contributed by atoms with Gasteiger partial charge in [-0.15, -0.1) is 0 Å². The van der Waals surface area contributed by atoms with Gasteiger partial charge in [-0.05, 0) is 46.5 Å². The summed E-state index contributed by atoms with van der Waals surface area (Å²) < 4.78 is 5.32. The van der Waals surface area contributed by atoms with Crippen molar-refractivity contribution < 1.29 is 14.3 Å². The highest BCUT2D eigenvalue weighted by Crippen LogP contribution is 2.31. The van der Waals surface area contributed by atoms with Crippen LogP contribution in [0.15, 0.2) is 0 Å². The number of nitrogens with zero attached hydrogens (tertiary/aromatic N) is 1. The number of carbonyl (C=O) groups is 2. The number of rotatable bonds is 4. The van der Waals surface area contributed by atoms with Gasteiger partial charge in [0.25, 0.3) is 0 Å². The van der Waals surface area contributed by atoms with E-state index in [9.17, 15) is 9.59 Å². The zero-order chi connectivity index (χ0) is 13.1. The van der Waals surface area contributed by atoms with E-state index in [1.807, 2.05) is 27.7 Å². The first kappa shape index (κ1) is 14.0. The quantitative estimate of drug-likeness (QED) is 0.711. The zero-order valence-electron chi connectivity index (χ0n) is 11.2. The smallest absolute Gasteiger partial charge is 0.410 e.